The molecule has 5 nitrogen and oxygen atoms in total. The summed E-state index contributed by atoms with van der Waals surface area (Å²) in [6.45, 7) is 5.68. The minimum absolute atomic E-state index is 0.136. The molecule has 5 heteroatoms. The van der Waals surface area contributed by atoms with Gasteiger partial charge in [0.05, 0.1) is 17.3 Å². The molecular weight excluding hydrogens is 228 g/mol. The van der Waals surface area contributed by atoms with Crippen LogP contribution in [0.3, 0.4) is 0 Å². The number of carbonyl (C=O) groups excluding carboxylic acids is 1. The Morgan fingerprint density at radius 1 is 1.50 bits per heavy atom. The van der Waals surface area contributed by atoms with Crippen molar-refractivity contribution in [3.8, 4) is 0 Å². The fourth-order valence-electron chi connectivity index (χ4n) is 1.58. The van der Waals surface area contributed by atoms with E-state index in [0.29, 0.717) is 5.56 Å². The molecule has 2 aromatic heterocycles. The molecule has 18 heavy (non-hydrogen) atoms. The van der Waals surface area contributed by atoms with Crippen molar-refractivity contribution < 1.29 is 4.79 Å². The van der Waals surface area contributed by atoms with Crippen LogP contribution in [-0.4, -0.2) is 27.1 Å². The number of rotatable bonds is 3. The van der Waals surface area contributed by atoms with E-state index in [4.69, 9.17) is 5.73 Å². The quantitative estimate of drug-likeness (QED) is 0.854. The molecule has 0 saturated heterocycles. The van der Waals surface area contributed by atoms with Gasteiger partial charge in [-0.2, -0.15) is 5.10 Å². The maximum Gasteiger partial charge on any atom is 0.255 e. The van der Waals surface area contributed by atoms with Crippen LogP contribution in [0, 0.1) is 0 Å². The normalized spacial score (nSPS) is 13.6. The molecule has 96 valence electrons. The van der Waals surface area contributed by atoms with Gasteiger partial charge in [0.1, 0.15) is 0 Å². The molecule has 0 bridgehead atoms. The first-order chi connectivity index (χ1) is 8.42. The molecule has 0 aromatic carbocycles. The average Bonchev–Trinajstić information content (AvgIpc) is 2.71. The minimum Gasteiger partial charge on any atom is -0.345 e. The Bertz CT molecular complexity index is 571. The first-order valence-electron chi connectivity index (χ1n) is 5.92. The SMILES string of the molecule is CC(N)C(C)(C)NC(=O)c1cnn2ccccc12. The van der Waals surface area contributed by atoms with Crippen LogP contribution < -0.4 is 11.1 Å². The summed E-state index contributed by atoms with van der Waals surface area (Å²) in [5.41, 5.74) is 6.74. The van der Waals surface area contributed by atoms with Crippen LogP contribution in [0.4, 0.5) is 0 Å². The number of nitrogens with zero attached hydrogens (tertiary/aromatic N) is 2. The third-order valence-electron chi connectivity index (χ3n) is 3.25. The minimum atomic E-state index is -0.458. The van der Waals surface area contributed by atoms with Crippen molar-refractivity contribution in [1.82, 2.24) is 14.9 Å². The summed E-state index contributed by atoms with van der Waals surface area (Å²) in [6.07, 6.45) is 3.38. The van der Waals surface area contributed by atoms with Crippen molar-refractivity contribution in [2.75, 3.05) is 0 Å². The number of hydrogen-bond acceptors (Lipinski definition) is 3. The number of fused-ring (bicyclic) bond motifs is 1. The zero-order chi connectivity index (χ0) is 13.3. The first kappa shape index (κ1) is 12.6. The van der Waals surface area contributed by atoms with Crippen LogP contribution in [-0.2, 0) is 0 Å². The third kappa shape index (κ3) is 2.22. The molecule has 0 aliphatic carbocycles. The molecule has 3 N–H and O–H groups in total. The largest absolute Gasteiger partial charge is 0.345 e. The van der Waals surface area contributed by atoms with Gasteiger partial charge in [0.25, 0.3) is 5.91 Å². The molecule has 2 heterocycles. The second-order valence-corrected chi connectivity index (χ2v) is 5.05. The number of hydrogen-bond donors (Lipinski definition) is 2. The fraction of sp³-hybridized carbons (Fsp3) is 0.385. The molecule has 1 atom stereocenters. The van der Waals surface area contributed by atoms with Gasteiger partial charge in [-0.1, -0.05) is 6.07 Å². The van der Waals surface area contributed by atoms with Gasteiger partial charge in [0.15, 0.2) is 0 Å². The Balaban J connectivity index is 2.30. The van der Waals surface area contributed by atoms with E-state index in [2.05, 4.69) is 10.4 Å². The number of nitrogens with two attached hydrogens (primary N) is 1. The maximum absolute atomic E-state index is 12.2. The summed E-state index contributed by atoms with van der Waals surface area (Å²) >= 11 is 0. The van der Waals surface area contributed by atoms with Crippen LogP contribution in [0.5, 0.6) is 0 Å². The van der Waals surface area contributed by atoms with Gasteiger partial charge in [-0.25, -0.2) is 4.52 Å². The van der Waals surface area contributed by atoms with Gasteiger partial charge >= 0.3 is 0 Å². The predicted octanol–water partition coefficient (Wildman–Crippen LogP) is 1.19. The number of amides is 1. The van der Waals surface area contributed by atoms with E-state index in [1.165, 1.54) is 0 Å². The van der Waals surface area contributed by atoms with Crippen LogP contribution in [0.1, 0.15) is 31.1 Å². The number of aromatic nitrogens is 2. The summed E-state index contributed by atoms with van der Waals surface area (Å²) in [7, 11) is 0. The van der Waals surface area contributed by atoms with Crippen LogP contribution in [0.2, 0.25) is 0 Å². The molecule has 0 aliphatic rings. The molecule has 1 amide bonds. The molecule has 2 aromatic rings. The summed E-state index contributed by atoms with van der Waals surface area (Å²) in [6, 6.07) is 5.47. The van der Waals surface area contributed by atoms with Crippen molar-refractivity contribution >= 4 is 11.4 Å². The van der Waals surface area contributed by atoms with Crippen LogP contribution in [0.15, 0.2) is 30.6 Å². The highest BCUT2D eigenvalue weighted by molar-refractivity contribution is 6.00. The molecular formula is C13H18N4O. The Labute approximate surface area is 106 Å². The Morgan fingerprint density at radius 3 is 2.89 bits per heavy atom. The standard InChI is InChI=1S/C13H18N4O/c1-9(14)13(2,3)16-12(18)10-8-15-17-7-5-4-6-11(10)17/h4-9H,14H2,1-3H3,(H,16,18). The van der Waals surface area contributed by atoms with Gasteiger partial charge in [-0.3, -0.25) is 4.79 Å². The topological polar surface area (TPSA) is 72.4 Å². The molecule has 0 saturated carbocycles. The molecule has 0 fully saturated rings. The average molecular weight is 246 g/mol. The lowest BCUT2D eigenvalue weighted by molar-refractivity contribution is 0.0905. The van der Waals surface area contributed by atoms with Crippen LogP contribution >= 0.6 is 0 Å². The molecule has 0 radical (unpaired) electrons. The zero-order valence-corrected chi connectivity index (χ0v) is 10.8. The predicted molar refractivity (Wildman–Crippen MR) is 70.4 cm³/mol. The number of nitrogens with one attached hydrogen (secondary N) is 1. The van der Waals surface area contributed by atoms with Gasteiger partial charge in [0.2, 0.25) is 0 Å². The van der Waals surface area contributed by atoms with Crippen molar-refractivity contribution in [2.24, 2.45) is 5.73 Å². The number of pyridine rings is 1. The smallest absolute Gasteiger partial charge is 0.255 e. The second kappa shape index (κ2) is 4.42. The highest BCUT2D eigenvalue weighted by Crippen LogP contribution is 2.13. The van der Waals surface area contributed by atoms with Crippen molar-refractivity contribution in [3.05, 3.63) is 36.2 Å². The molecule has 0 spiro atoms. The van der Waals surface area contributed by atoms with E-state index in [1.54, 1.807) is 10.7 Å². The van der Waals surface area contributed by atoms with Crippen molar-refractivity contribution in [3.63, 3.8) is 0 Å². The van der Waals surface area contributed by atoms with E-state index in [9.17, 15) is 4.79 Å². The summed E-state index contributed by atoms with van der Waals surface area (Å²) in [5.74, 6) is -0.154. The lowest BCUT2D eigenvalue weighted by Crippen LogP contribution is -2.54. The summed E-state index contributed by atoms with van der Waals surface area (Å²) in [4.78, 5) is 12.2. The first-order valence-corrected chi connectivity index (χ1v) is 5.92. The number of carbonyl (C=O) groups is 1. The van der Waals surface area contributed by atoms with Crippen molar-refractivity contribution in [1.29, 1.82) is 0 Å². The second-order valence-electron chi connectivity index (χ2n) is 5.05. The lowest BCUT2D eigenvalue weighted by atomic mass is 9.96. The molecule has 2 rings (SSSR count). The highest BCUT2D eigenvalue weighted by Gasteiger charge is 2.26. The van der Waals surface area contributed by atoms with Crippen molar-refractivity contribution in [2.45, 2.75) is 32.4 Å². The van der Waals surface area contributed by atoms with Gasteiger partial charge in [0, 0.05) is 17.8 Å². The zero-order valence-electron chi connectivity index (χ0n) is 10.8. The van der Waals surface area contributed by atoms with Gasteiger partial charge in [-0.15, -0.1) is 0 Å². The maximum atomic E-state index is 12.2. The highest BCUT2D eigenvalue weighted by atomic mass is 16.1. The van der Waals surface area contributed by atoms with E-state index in [1.807, 2.05) is 45.2 Å². The van der Waals surface area contributed by atoms with Gasteiger partial charge < -0.3 is 11.1 Å². The fourth-order valence-corrected chi connectivity index (χ4v) is 1.58. The Morgan fingerprint density at radius 2 is 2.22 bits per heavy atom. The Hall–Kier alpha value is -1.88. The van der Waals surface area contributed by atoms with Gasteiger partial charge in [-0.05, 0) is 32.9 Å². The molecule has 1 unspecified atom stereocenters. The lowest BCUT2D eigenvalue weighted by Gasteiger charge is -2.30. The Kier molecular flexibility index (Phi) is 3.09. The van der Waals surface area contributed by atoms with E-state index >= 15 is 0 Å². The van der Waals surface area contributed by atoms with Crippen LogP contribution in [0.25, 0.3) is 5.52 Å². The van der Waals surface area contributed by atoms with E-state index in [-0.39, 0.29) is 11.9 Å². The van der Waals surface area contributed by atoms with E-state index < -0.39 is 5.54 Å². The molecule has 0 aliphatic heterocycles. The monoisotopic (exact) mass is 246 g/mol. The van der Waals surface area contributed by atoms with E-state index in [0.717, 1.165) is 5.52 Å². The summed E-state index contributed by atoms with van der Waals surface area (Å²) < 4.78 is 1.67. The summed E-state index contributed by atoms with van der Waals surface area (Å²) in [5, 5.41) is 7.07. The third-order valence-corrected chi connectivity index (χ3v) is 3.25.